The molecular formula is C42H53N3O6S2. The second-order valence-corrected chi connectivity index (χ2v) is 15.9. The molecule has 2 N–H and O–H groups in total. The van der Waals surface area contributed by atoms with Gasteiger partial charge in [-0.3, -0.25) is 9.97 Å². The lowest BCUT2D eigenvalue weighted by molar-refractivity contribution is -0.223. The Kier molecular flexibility index (Phi) is 14.3. The summed E-state index contributed by atoms with van der Waals surface area (Å²) >= 11 is 3.52. The topological polar surface area (TPSA) is 116 Å². The average Bonchev–Trinajstić information content (AvgIpc) is 3.19. The quantitative estimate of drug-likeness (QED) is 0.0502. The number of fused-ring (bicyclic) bond motifs is 2. The van der Waals surface area contributed by atoms with Gasteiger partial charge in [0.25, 0.3) is 0 Å². The maximum atomic E-state index is 9.87. The van der Waals surface area contributed by atoms with Gasteiger partial charge in [-0.2, -0.15) is 11.8 Å². The van der Waals surface area contributed by atoms with Crippen LogP contribution < -0.4 is 9.47 Å². The summed E-state index contributed by atoms with van der Waals surface area (Å²) in [7, 11) is 0. The number of ether oxygens (including phenoxy) is 3. The van der Waals surface area contributed by atoms with Crippen LogP contribution in [-0.4, -0.2) is 75.4 Å². The molecule has 53 heavy (non-hydrogen) atoms. The Bertz CT molecular complexity index is 1690. The van der Waals surface area contributed by atoms with Crippen molar-refractivity contribution in [2.24, 2.45) is 22.9 Å². The molecule has 0 unspecified atom stereocenters. The van der Waals surface area contributed by atoms with Crippen LogP contribution in [0.1, 0.15) is 69.0 Å². The van der Waals surface area contributed by atoms with Crippen LogP contribution in [0, 0.1) is 17.8 Å². The van der Waals surface area contributed by atoms with Gasteiger partial charge in [-0.05, 0) is 104 Å². The first-order valence-corrected chi connectivity index (χ1v) is 21.2. The third-order valence-electron chi connectivity index (χ3n) is 10.5. The molecule has 1 saturated carbocycles. The number of aryl methyl sites for hydroxylation is 1. The van der Waals surface area contributed by atoms with Gasteiger partial charge in [0.15, 0.2) is 0 Å². The van der Waals surface area contributed by atoms with Crippen molar-refractivity contribution >= 4 is 29.2 Å². The van der Waals surface area contributed by atoms with Crippen molar-refractivity contribution < 1.29 is 29.3 Å². The summed E-state index contributed by atoms with van der Waals surface area (Å²) in [5.74, 6) is 2.34. The lowest BCUT2D eigenvalue weighted by atomic mass is 9.56. The van der Waals surface area contributed by atoms with Gasteiger partial charge in [0.2, 0.25) is 5.79 Å². The summed E-state index contributed by atoms with van der Waals surface area (Å²) in [6.45, 7) is 7.12. The Morgan fingerprint density at radius 1 is 1.04 bits per heavy atom. The van der Waals surface area contributed by atoms with Crippen LogP contribution in [0.15, 0.2) is 95.4 Å². The largest absolute Gasteiger partial charge is 0.460 e. The summed E-state index contributed by atoms with van der Waals surface area (Å²) in [5.41, 5.74) is 4.09. The summed E-state index contributed by atoms with van der Waals surface area (Å²) in [4.78, 5) is 15.8. The minimum Gasteiger partial charge on any atom is -0.460 e. The van der Waals surface area contributed by atoms with E-state index in [4.69, 9.17) is 24.2 Å². The molecule has 0 radical (unpaired) electrons. The number of aromatic nitrogens is 2. The van der Waals surface area contributed by atoms with Crippen LogP contribution >= 0.6 is 23.5 Å². The summed E-state index contributed by atoms with van der Waals surface area (Å²) in [5, 5.41) is 24.3. The van der Waals surface area contributed by atoms with E-state index in [1.807, 2.05) is 49.1 Å². The fraction of sp³-hybridized carbons (Fsp3) is 0.500. The van der Waals surface area contributed by atoms with E-state index in [9.17, 15) is 10.2 Å². The highest BCUT2D eigenvalue weighted by atomic mass is 32.2. The smallest absolute Gasteiger partial charge is 0.230 e. The minimum atomic E-state index is -1.02. The molecule has 1 fully saturated rings. The highest BCUT2D eigenvalue weighted by Crippen LogP contribution is 2.62. The third-order valence-corrected chi connectivity index (χ3v) is 12.6. The number of unbranched alkanes of at least 4 members (excludes halogenated alkanes) is 2. The van der Waals surface area contributed by atoms with Gasteiger partial charge < -0.3 is 29.3 Å². The molecule has 6 rings (SSSR count). The number of hydrogen-bond acceptors (Lipinski definition) is 11. The molecule has 0 amide bonds. The second-order valence-electron chi connectivity index (χ2n) is 13.8. The Morgan fingerprint density at radius 2 is 1.83 bits per heavy atom. The molecule has 1 aromatic heterocycles. The first-order chi connectivity index (χ1) is 26.0. The van der Waals surface area contributed by atoms with E-state index in [1.165, 1.54) is 4.90 Å². The molecule has 3 aromatic rings. The standard InChI is InChI=1S/C42H53N3O6S2/c1-4-23-48-42-39(53-24-18-30-28-43-19-20-44-30)27-37(45-49-5-2)35-25-29(10-6-8-21-46)34(11-7-9-22-47)40(41(35)42)36-26-32(14-17-38(36)51-42)50-31-12-15-33(52-3)16-13-31/h4,12-17,19-20,25-26,28-29,34,39-41,46-47H,1,5-11,18,21-24,27H2,2-3H3/t29-,34+,39-,40+,41+,42+/m0/s1. The lowest BCUT2D eigenvalue weighted by Gasteiger charge is -2.58. The molecule has 284 valence electrons. The van der Waals surface area contributed by atoms with Gasteiger partial charge in [0, 0.05) is 61.0 Å². The fourth-order valence-electron chi connectivity index (χ4n) is 8.23. The Morgan fingerprint density at radius 3 is 2.55 bits per heavy atom. The maximum Gasteiger partial charge on any atom is 0.230 e. The summed E-state index contributed by atoms with van der Waals surface area (Å²) < 4.78 is 20.8. The number of aliphatic hydroxyl groups excluding tert-OH is 2. The SMILES string of the molecule is C=CCO[C@@]12Oc3ccc(Oc4ccc(SC)cc4)cc3[C@H]3[C@H](CCCCO)[C@@H](CCCCO)C=C(C(=NOCC)C[C@@H]1SCCc1cnccn1)[C@H]32. The highest BCUT2D eigenvalue weighted by Gasteiger charge is 2.64. The molecule has 3 aliphatic rings. The zero-order chi connectivity index (χ0) is 37.0. The van der Waals surface area contributed by atoms with Crippen LogP contribution in [-0.2, 0) is 16.0 Å². The Hall–Kier alpha value is -3.35. The summed E-state index contributed by atoms with van der Waals surface area (Å²) in [6.07, 6.45) is 18.1. The molecule has 1 aliphatic heterocycles. The lowest BCUT2D eigenvalue weighted by Crippen LogP contribution is -2.64. The molecular weight excluding hydrogens is 707 g/mol. The Labute approximate surface area is 322 Å². The first-order valence-electron chi connectivity index (χ1n) is 18.9. The zero-order valence-corrected chi connectivity index (χ0v) is 32.5. The van der Waals surface area contributed by atoms with Crippen LogP contribution in [0.25, 0.3) is 0 Å². The number of hydrogen-bond donors (Lipinski definition) is 2. The molecule has 0 saturated heterocycles. The molecule has 2 aromatic carbocycles. The predicted octanol–water partition coefficient (Wildman–Crippen LogP) is 8.62. The van der Waals surface area contributed by atoms with E-state index in [2.05, 4.69) is 47.1 Å². The molecule has 11 heteroatoms. The van der Waals surface area contributed by atoms with Crippen LogP contribution in [0.4, 0.5) is 0 Å². The number of aliphatic hydroxyl groups is 2. The van der Waals surface area contributed by atoms with Gasteiger partial charge >= 0.3 is 0 Å². The van der Waals surface area contributed by atoms with Crippen molar-refractivity contribution in [1.29, 1.82) is 0 Å². The minimum absolute atomic E-state index is 0.000909. The molecule has 9 nitrogen and oxygen atoms in total. The van der Waals surface area contributed by atoms with Crippen molar-refractivity contribution in [3.05, 3.63) is 96.6 Å². The van der Waals surface area contributed by atoms with Crippen molar-refractivity contribution in [3.8, 4) is 17.2 Å². The monoisotopic (exact) mass is 759 g/mol. The predicted molar refractivity (Wildman–Crippen MR) is 213 cm³/mol. The van der Waals surface area contributed by atoms with E-state index in [1.54, 1.807) is 30.2 Å². The van der Waals surface area contributed by atoms with E-state index < -0.39 is 5.79 Å². The molecule has 0 bridgehead atoms. The number of nitrogens with zero attached hydrogens (tertiary/aromatic N) is 3. The zero-order valence-electron chi connectivity index (χ0n) is 30.9. The van der Waals surface area contributed by atoms with Gasteiger partial charge in [0.05, 0.1) is 29.2 Å². The highest BCUT2D eigenvalue weighted by molar-refractivity contribution is 8.00. The van der Waals surface area contributed by atoms with Crippen LogP contribution in [0.3, 0.4) is 0 Å². The van der Waals surface area contributed by atoms with Crippen LogP contribution in [0.5, 0.6) is 17.2 Å². The molecule has 0 spiro atoms. The Balaban J connectivity index is 1.49. The maximum absolute atomic E-state index is 9.87. The summed E-state index contributed by atoms with van der Waals surface area (Å²) in [6, 6.07) is 14.4. The van der Waals surface area contributed by atoms with E-state index in [-0.39, 0.29) is 42.1 Å². The van der Waals surface area contributed by atoms with E-state index >= 15 is 0 Å². The first kappa shape index (κ1) is 39.3. The van der Waals surface area contributed by atoms with E-state index in [0.717, 1.165) is 90.5 Å². The number of thioether (sulfide) groups is 2. The average molecular weight is 760 g/mol. The number of benzene rings is 2. The van der Waals surface area contributed by atoms with Crippen molar-refractivity contribution in [1.82, 2.24) is 9.97 Å². The van der Waals surface area contributed by atoms with Gasteiger partial charge in [0.1, 0.15) is 23.9 Å². The van der Waals surface area contributed by atoms with Crippen LogP contribution in [0.2, 0.25) is 0 Å². The van der Waals surface area contributed by atoms with Gasteiger partial charge in [-0.1, -0.05) is 30.1 Å². The molecule has 6 atom stereocenters. The number of oxime groups is 1. The third kappa shape index (κ3) is 9.14. The fourth-order valence-corrected chi connectivity index (χ4v) is 10.0. The molecule has 2 aliphatic carbocycles. The van der Waals surface area contributed by atoms with Gasteiger partial charge in [-0.15, -0.1) is 18.3 Å². The van der Waals surface area contributed by atoms with Crippen molar-refractivity contribution in [3.63, 3.8) is 0 Å². The molecule has 2 heterocycles. The van der Waals surface area contributed by atoms with Crippen molar-refractivity contribution in [2.75, 3.05) is 38.4 Å². The van der Waals surface area contributed by atoms with Gasteiger partial charge in [-0.25, -0.2) is 0 Å². The number of allylic oxidation sites excluding steroid dienone is 1. The second kappa shape index (κ2) is 19.3. The normalized spacial score (nSPS) is 25.2. The van der Waals surface area contributed by atoms with E-state index in [0.29, 0.717) is 19.6 Å². The van der Waals surface area contributed by atoms with Crippen molar-refractivity contribution in [2.45, 2.75) is 80.1 Å². The number of rotatable bonds is 20.